The van der Waals surface area contributed by atoms with Crippen LogP contribution in [0.2, 0.25) is 0 Å². The van der Waals surface area contributed by atoms with E-state index in [0.29, 0.717) is 11.5 Å². The van der Waals surface area contributed by atoms with Gasteiger partial charge in [-0.3, -0.25) is 4.79 Å². The van der Waals surface area contributed by atoms with Crippen molar-refractivity contribution in [2.45, 2.75) is 20.8 Å². The lowest BCUT2D eigenvalue weighted by molar-refractivity contribution is 0.101. The Kier molecular flexibility index (Phi) is 5.14. The maximum Gasteiger partial charge on any atom is 0.295 e. The molecule has 0 spiro atoms. The molecule has 4 rings (SSSR count). The summed E-state index contributed by atoms with van der Waals surface area (Å²) in [4.78, 5) is 17.3. The largest absolute Gasteiger partial charge is 0.319 e. The highest BCUT2D eigenvalue weighted by molar-refractivity contribution is 6.01. The van der Waals surface area contributed by atoms with Crippen molar-refractivity contribution in [1.82, 2.24) is 14.8 Å². The first-order chi connectivity index (χ1) is 14.4. The second-order valence-corrected chi connectivity index (χ2v) is 7.27. The second-order valence-electron chi connectivity index (χ2n) is 7.27. The third-order valence-corrected chi connectivity index (χ3v) is 4.96. The van der Waals surface area contributed by atoms with E-state index < -0.39 is 5.91 Å². The highest BCUT2D eigenvalue weighted by Gasteiger charge is 2.19. The fraction of sp³-hybridized carbons (Fsp3) is 0.125. The van der Waals surface area contributed by atoms with Crippen LogP contribution in [-0.4, -0.2) is 20.7 Å². The molecule has 4 aromatic rings. The molecule has 0 fully saturated rings. The zero-order chi connectivity index (χ0) is 21.3. The summed E-state index contributed by atoms with van der Waals surface area (Å²) in [6.45, 7) is 6.09. The predicted octanol–water partition coefficient (Wildman–Crippen LogP) is 5.25. The molecule has 1 heterocycles. The Morgan fingerprint density at radius 1 is 0.900 bits per heavy atom. The minimum atomic E-state index is -0.461. The van der Waals surface area contributed by atoms with Crippen LogP contribution in [0, 0.1) is 26.6 Å². The molecule has 0 aliphatic rings. The van der Waals surface area contributed by atoms with Crippen LogP contribution in [0.25, 0.3) is 17.1 Å². The number of carbonyl (C=O) groups is 1. The Bertz CT molecular complexity index is 1210. The van der Waals surface area contributed by atoms with E-state index in [4.69, 9.17) is 0 Å². The zero-order valence-electron chi connectivity index (χ0n) is 17.0. The SMILES string of the molecule is Cc1ccc(-c2nc(C(=O)Nc3ccc(F)cc3)nn2-c2ccc(C)c(C)c2)cc1. The molecule has 150 valence electrons. The molecule has 1 aromatic heterocycles. The van der Waals surface area contributed by atoms with Gasteiger partial charge in [0.1, 0.15) is 5.82 Å². The van der Waals surface area contributed by atoms with Gasteiger partial charge in [-0.05, 0) is 68.3 Å². The number of nitrogens with one attached hydrogen (secondary N) is 1. The summed E-state index contributed by atoms with van der Waals surface area (Å²) in [5, 5.41) is 7.20. The van der Waals surface area contributed by atoms with Gasteiger partial charge in [-0.2, -0.15) is 0 Å². The van der Waals surface area contributed by atoms with Crippen LogP contribution < -0.4 is 5.32 Å². The van der Waals surface area contributed by atoms with E-state index in [0.717, 1.165) is 22.4 Å². The van der Waals surface area contributed by atoms with Crippen molar-refractivity contribution in [2.24, 2.45) is 0 Å². The molecule has 0 radical (unpaired) electrons. The number of carbonyl (C=O) groups excluding carboxylic acids is 1. The van der Waals surface area contributed by atoms with Gasteiger partial charge in [0, 0.05) is 11.3 Å². The van der Waals surface area contributed by atoms with Crippen molar-refractivity contribution in [3.63, 3.8) is 0 Å². The average molecular weight is 400 g/mol. The summed E-state index contributed by atoms with van der Waals surface area (Å²) in [6, 6.07) is 19.5. The molecule has 1 N–H and O–H groups in total. The summed E-state index contributed by atoms with van der Waals surface area (Å²) < 4.78 is 14.8. The second kappa shape index (κ2) is 7.91. The number of anilines is 1. The number of rotatable bonds is 4. The van der Waals surface area contributed by atoms with E-state index in [1.54, 1.807) is 4.68 Å². The van der Waals surface area contributed by atoms with Gasteiger partial charge in [-0.25, -0.2) is 14.1 Å². The minimum absolute atomic E-state index is 0.0353. The van der Waals surface area contributed by atoms with E-state index in [-0.39, 0.29) is 11.6 Å². The van der Waals surface area contributed by atoms with Gasteiger partial charge < -0.3 is 5.32 Å². The zero-order valence-corrected chi connectivity index (χ0v) is 17.0. The normalized spacial score (nSPS) is 10.8. The number of aryl methyl sites for hydroxylation is 3. The number of hydrogen-bond acceptors (Lipinski definition) is 3. The van der Waals surface area contributed by atoms with Crippen LogP contribution >= 0.6 is 0 Å². The fourth-order valence-corrected chi connectivity index (χ4v) is 3.06. The molecule has 6 heteroatoms. The topological polar surface area (TPSA) is 59.8 Å². The lowest BCUT2D eigenvalue weighted by Gasteiger charge is -2.08. The average Bonchev–Trinajstić information content (AvgIpc) is 3.18. The van der Waals surface area contributed by atoms with Gasteiger partial charge >= 0.3 is 0 Å². The molecule has 0 bridgehead atoms. The molecular formula is C24H21FN4O. The standard InChI is InChI=1S/C24H21FN4O/c1-15-4-7-18(8-5-15)23-27-22(24(30)26-20-11-9-19(25)10-12-20)28-29(23)21-13-6-16(2)17(3)14-21/h4-14H,1-3H3,(H,26,30). The molecule has 3 aromatic carbocycles. The van der Waals surface area contributed by atoms with Crippen molar-refractivity contribution >= 4 is 11.6 Å². The van der Waals surface area contributed by atoms with E-state index in [2.05, 4.69) is 15.4 Å². The van der Waals surface area contributed by atoms with Crippen molar-refractivity contribution in [3.8, 4) is 17.1 Å². The van der Waals surface area contributed by atoms with Gasteiger partial charge in [0.25, 0.3) is 5.91 Å². The number of aromatic nitrogens is 3. The predicted molar refractivity (Wildman–Crippen MR) is 115 cm³/mol. The molecule has 1 amide bonds. The summed E-state index contributed by atoms with van der Waals surface area (Å²) in [7, 11) is 0. The van der Waals surface area contributed by atoms with Crippen LogP contribution in [0.4, 0.5) is 10.1 Å². The lowest BCUT2D eigenvalue weighted by Crippen LogP contribution is -2.14. The minimum Gasteiger partial charge on any atom is -0.319 e. The summed E-state index contributed by atoms with van der Waals surface area (Å²) in [6.07, 6.45) is 0. The van der Waals surface area contributed by atoms with Crippen molar-refractivity contribution in [2.75, 3.05) is 5.32 Å². The molecule has 0 saturated carbocycles. The number of amides is 1. The molecule has 0 aliphatic heterocycles. The number of benzene rings is 3. The van der Waals surface area contributed by atoms with E-state index >= 15 is 0 Å². The fourth-order valence-electron chi connectivity index (χ4n) is 3.06. The van der Waals surface area contributed by atoms with Gasteiger partial charge in [-0.15, -0.1) is 5.10 Å². The summed E-state index contributed by atoms with van der Waals surface area (Å²) in [5.74, 6) is -0.222. The van der Waals surface area contributed by atoms with Crippen LogP contribution in [-0.2, 0) is 0 Å². The lowest BCUT2D eigenvalue weighted by atomic mass is 10.1. The molecule has 5 nitrogen and oxygen atoms in total. The van der Waals surface area contributed by atoms with Crippen molar-refractivity contribution < 1.29 is 9.18 Å². The first kappa shape index (κ1) is 19.5. The Morgan fingerprint density at radius 2 is 1.60 bits per heavy atom. The number of nitrogens with zero attached hydrogens (tertiary/aromatic N) is 3. The Balaban J connectivity index is 1.76. The summed E-state index contributed by atoms with van der Waals surface area (Å²) >= 11 is 0. The highest BCUT2D eigenvalue weighted by Crippen LogP contribution is 2.23. The quantitative estimate of drug-likeness (QED) is 0.509. The van der Waals surface area contributed by atoms with Crippen LogP contribution in [0.5, 0.6) is 0 Å². The van der Waals surface area contributed by atoms with Crippen LogP contribution in [0.3, 0.4) is 0 Å². The molecule has 0 atom stereocenters. The van der Waals surface area contributed by atoms with Gasteiger partial charge in [0.15, 0.2) is 5.82 Å². The third-order valence-electron chi connectivity index (χ3n) is 4.96. The van der Waals surface area contributed by atoms with Gasteiger partial charge in [0.2, 0.25) is 5.82 Å². The first-order valence-electron chi connectivity index (χ1n) is 9.59. The molecule has 0 unspecified atom stereocenters. The monoisotopic (exact) mass is 400 g/mol. The van der Waals surface area contributed by atoms with E-state index in [1.807, 2.05) is 63.2 Å². The Labute approximate surface area is 174 Å². The third kappa shape index (κ3) is 3.98. The first-order valence-corrected chi connectivity index (χ1v) is 9.59. The van der Waals surface area contributed by atoms with Crippen LogP contribution in [0.1, 0.15) is 27.3 Å². The van der Waals surface area contributed by atoms with E-state index in [9.17, 15) is 9.18 Å². The van der Waals surface area contributed by atoms with Crippen molar-refractivity contribution in [1.29, 1.82) is 0 Å². The van der Waals surface area contributed by atoms with Crippen LogP contribution in [0.15, 0.2) is 66.7 Å². The maximum atomic E-state index is 13.1. The maximum absolute atomic E-state index is 13.1. The van der Waals surface area contributed by atoms with E-state index in [1.165, 1.54) is 29.8 Å². The Hall–Kier alpha value is -3.80. The van der Waals surface area contributed by atoms with Gasteiger partial charge in [-0.1, -0.05) is 35.9 Å². The van der Waals surface area contributed by atoms with Crippen molar-refractivity contribution in [3.05, 3.63) is 95.1 Å². The molecule has 0 saturated heterocycles. The number of hydrogen-bond donors (Lipinski definition) is 1. The highest BCUT2D eigenvalue weighted by atomic mass is 19.1. The molecule has 0 aliphatic carbocycles. The Morgan fingerprint density at radius 3 is 2.27 bits per heavy atom. The smallest absolute Gasteiger partial charge is 0.295 e. The number of halogens is 1. The molecular weight excluding hydrogens is 379 g/mol. The molecule has 30 heavy (non-hydrogen) atoms. The summed E-state index contributed by atoms with van der Waals surface area (Å²) in [5.41, 5.74) is 5.57. The van der Waals surface area contributed by atoms with Gasteiger partial charge in [0.05, 0.1) is 5.69 Å².